The minimum atomic E-state index is -4.73. The molecule has 0 saturated heterocycles. The predicted octanol–water partition coefficient (Wildman–Crippen LogP) is 6.88. The van der Waals surface area contributed by atoms with Crippen LogP contribution in [-0.4, -0.2) is 25.3 Å². The summed E-state index contributed by atoms with van der Waals surface area (Å²) in [6, 6.07) is 20.7. The third kappa shape index (κ3) is 8.28. The molecule has 196 valence electrons. The van der Waals surface area contributed by atoms with E-state index in [4.69, 9.17) is 0 Å². The van der Waals surface area contributed by atoms with Crippen molar-refractivity contribution in [3.8, 4) is 5.75 Å². The number of hydrogen-bond donors (Lipinski definition) is 0. The van der Waals surface area contributed by atoms with Gasteiger partial charge in [0.2, 0.25) is 0 Å². The maximum absolute atomic E-state index is 12.8. The molecule has 3 aromatic carbocycles. The number of amides is 1. The Kier molecular flexibility index (Phi) is 8.91. The molecule has 0 heterocycles. The van der Waals surface area contributed by atoms with E-state index in [2.05, 4.69) is 30.2 Å². The van der Waals surface area contributed by atoms with Gasteiger partial charge in [-0.2, -0.15) is 0 Å². The van der Waals surface area contributed by atoms with Crippen LogP contribution in [0.1, 0.15) is 37.5 Å². The van der Waals surface area contributed by atoms with Gasteiger partial charge in [0.1, 0.15) is 5.75 Å². The molecule has 0 atom stereocenters. The normalized spacial score (nSPS) is 11.6. The van der Waals surface area contributed by atoms with E-state index in [1.807, 2.05) is 36.4 Å². The number of halogens is 3. The highest BCUT2D eigenvalue weighted by Gasteiger charge is 2.31. The van der Waals surface area contributed by atoms with Crippen LogP contribution in [0, 0.1) is 0 Å². The highest BCUT2D eigenvalue weighted by molar-refractivity contribution is 7.98. The summed E-state index contributed by atoms with van der Waals surface area (Å²) in [7, 11) is 1.17. The lowest BCUT2D eigenvalue weighted by atomic mass is 9.87. The molecule has 37 heavy (non-hydrogen) atoms. The van der Waals surface area contributed by atoms with Gasteiger partial charge >= 0.3 is 18.2 Å². The number of nitrogens with zero attached hydrogens (tertiary/aromatic N) is 1. The molecule has 0 N–H and O–H groups in total. The van der Waals surface area contributed by atoms with Crippen LogP contribution in [0.15, 0.2) is 77.7 Å². The molecule has 0 aliphatic carbocycles. The Bertz CT molecular complexity index is 1200. The second-order valence-electron chi connectivity index (χ2n) is 9.30. The van der Waals surface area contributed by atoms with Gasteiger partial charge in [0.05, 0.1) is 13.7 Å². The Balaban J connectivity index is 1.71. The number of alkyl halides is 3. The molecule has 0 spiro atoms. The van der Waals surface area contributed by atoms with E-state index in [0.29, 0.717) is 11.4 Å². The Labute approximate surface area is 218 Å². The van der Waals surface area contributed by atoms with Crippen molar-refractivity contribution in [2.45, 2.75) is 49.7 Å². The average molecular weight is 532 g/mol. The maximum Gasteiger partial charge on any atom is 0.573 e. The van der Waals surface area contributed by atoms with E-state index in [9.17, 15) is 22.8 Å². The number of benzene rings is 3. The van der Waals surface area contributed by atoms with Crippen molar-refractivity contribution in [3.63, 3.8) is 0 Å². The van der Waals surface area contributed by atoms with Gasteiger partial charge < -0.3 is 9.47 Å². The van der Waals surface area contributed by atoms with Crippen LogP contribution in [0.5, 0.6) is 5.75 Å². The summed E-state index contributed by atoms with van der Waals surface area (Å²) in [6.07, 6.45) is -4.73. The van der Waals surface area contributed by atoms with Gasteiger partial charge in [0.25, 0.3) is 0 Å². The molecule has 3 aromatic rings. The fourth-order valence-corrected chi connectivity index (χ4v) is 4.30. The van der Waals surface area contributed by atoms with Gasteiger partial charge in [0.15, 0.2) is 0 Å². The Morgan fingerprint density at radius 1 is 0.838 bits per heavy atom. The van der Waals surface area contributed by atoms with Crippen LogP contribution in [0.25, 0.3) is 0 Å². The van der Waals surface area contributed by atoms with Crippen LogP contribution in [0.3, 0.4) is 0 Å². The van der Waals surface area contributed by atoms with Crippen molar-refractivity contribution < 1.29 is 32.2 Å². The fourth-order valence-electron chi connectivity index (χ4n) is 3.45. The number of methoxy groups -OCH3 is 1. The molecule has 5 nitrogen and oxygen atoms in total. The summed E-state index contributed by atoms with van der Waals surface area (Å²) in [6.45, 7) is 6.55. The first-order chi connectivity index (χ1) is 17.4. The highest BCUT2D eigenvalue weighted by atomic mass is 32.2. The van der Waals surface area contributed by atoms with Crippen LogP contribution in [0.4, 0.5) is 18.9 Å². The highest BCUT2D eigenvalue weighted by Crippen LogP contribution is 2.29. The molecule has 1 amide bonds. The number of esters is 1. The van der Waals surface area contributed by atoms with Crippen molar-refractivity contribution in [2.24, 2.45) is 0 Å². The van der Waals surface area contributed by atoms with E-state index in [-0.39, 0.29) is 17.7 Å². The number of ether oxygens (including phenoxy) is 2. The monoisotopic (exact) mass is 531 g/mol. The molecule has 0 aliphatic heterocycles. The minimum absolute atomic E-state index is 0.00716. The molecule has 3 rings (SSSR count). The number of hydrogen-bond acceptors (Lipinski definition) is 5. The molecule has 0 radical (unpaired) electrons. The minimum Gasteiger partial charge on any atom is -0.462 e. The van der Waals surface area contributed by atoms with Gasteiger partial charge in [0, 0.05) is 16.3 Å². The number of thioether (sulfide) groups is 1. The van der Waals surface area contributed by atoms with Crippen molar-refractivity contribution in [3.05, 3.63) is 89.5 Å². The third-order valence-corrected chi connectivity index (χ3v) is 6.56. The van der Waals surface area contributed by atoms with E-state index in [1.165, 1.54) is 35.9 Å². The zero-order valence-corrected chi connectivity index (χ0v) is 21.8. The number of anilines is 1. The standard InChI is InChI=1S/C28H28F3NO4S/c1-27(2,3)21-9-5-19(6-10-21)17-32(25(33)26(34)35-4)22-11-7-20(8-12-22)18-37-24-15-13-23(14-16-24)36-28(29,30)31/h5-16H,17-18H2,1-4H3. The summed E-state index contributed by atoms with van der Waals surface area (Å²) in [5, 5.41) is 0. The topological polar surface area (TPSA) is 55.8 Å². The molecule has 0 fully saturated rings. The van der Waals surface area contributed by atoms with E-state index < -0.39 is 18.2 Å². The van der Waals surface area contributed by atoms with Gasteiger partial charge in [-0.25, -0.2) is 4.79 Å². The Morgan fingerprint density at radius 2 is 1.41 bits per heavy atom. The summed E-state index contributed by atoms with van der Waals surface area (Å²) in [5.74, 6) is -1.45. The molecular formula is C28H28F3NO4S. The molecular weight excluding hydrogens is 503 g/mol. The first-order valence-corrected chi connectivity index (χ1v) is 12.4. The SMILES string of the molecule is COC(=O)C(=O)N(Cc1ccc(C(C)(C)C)cc1)c1ccc(CSc2ccc(OC(F)(F)F)cc2)cc1. The molecule has 0 unspecified atom stereocenters. The van der Waals surface area contributed by atoms with E-state index in [1.54, 1.807) is 24.3 Å². The van der Waals surface area contributed by atoms with Crippen LogP contribution in [0.2, 0.25) is 0 Å². The predicted molar refractivity (Wildman–Crippen MR) is 137 cm³/mol. The summed E-state index contributed by atoms with van der Waals surface area (Å²) >= 11 is 1.44. The lowest BCUT2D eigenvalue weighted by molar-refractivity contribution is -0.274. The second kappa shape index (κ2) is 11.7. The largest absolute Gasteiger partial charge is 0.573 e. The van der Waals surface area contributed by atoms with Gasteiger partial charge in [-0.15, -0.1) is 24.9 Å². The van der Waals surface area contributed by atoms with Gasteiger partial charge in [-0.05, 0) is 58.5 Å². The first kappa shape index (κ1) is 28.1. The Hall–Kier alpha value is -3.46. The molecule has 0 aromatic heterocycles. The molecule has 0 aliphatic rings. The summed E-state index contributed by atoms with van der Waals surface area (Å²) < 4.78 is 45.5. The Morgan fingerprint density at radius 3 is 1.92 bits per heavy atom. The van der Waals surface area contributed by atoms with Crippen molar-refractivity contribution in [1.82, 2.24) is 0 Å². The van der Waals surface area contributed by atoms with Crippen molar-refractivity contribution >= 4 is 29.3 Å². The van der Waals surface area contributed by atoms with E-state index >= 15 is 0 Å². The zero-order chi connectivity index (χ0) is 27.2. The maximum atomic E-state index is 12.8. The van der Waals surface area contributed by atoms with Crippen molar-refractivity contribution in [2.75, 3.05) is 12.0 Å². The first-order valence-electron chi connectivity index (χ1n) is 11.4. The lowest BCUT2D eigenvalue weighted by Gasteiger charge is -2.23. The van der Waals surface area contributed by atoms with Gasteiger partial charge in [-0.1, -0.05) is 57.2 Å². The van der Waals surface area contributed by atoms with Crippen molar-refractivity contribution in [1.29, 1.82) is 0 Å². The van der Waals surface area contributed by atoms with E-state index in [0.717, 1.165) is 21.6 Å². The molecule has 0 saturated carbocycles. The fraction of sp³-hybridized carbons (Fsp3) is 0.286. The average Bonchev–Trinajstić information content (AvgIpc) is 2.85. The summed E-state index contributed by atoms with van der Waals surface area (Å²) in [4.78, 5) is 27.0. The third-order valence-electron chi connectivity index (χ3n) is 5.48. The molecule has 0 bridgehead atoms. The van der Waals surface area contributed by atoms with Crippen LogP contribution < -0.4 is 9.64 Å². The molecule has 9 heteroatoms. The summed E-state index contributed by atoms with van der Waals surface area (Å²) in [5.41, 5.74) is 3.49. The smallest absolute Gasteiger partial charge is 0.462 e. The van der Waals surface area contributed by atoms with Crippen LogP contribution >= 0.6 is 11.8 Å². The second-order valence-corrected chi connectivity index (χ2v) is 10.4. The number of rotatable bonds is 7. The quantitative estimate of drug-likeness (QED) is 0.189. The lowest BCUT2D eigenvalue weighted by Crippen LogP contribution is -2.36. The van der Waals surface area contributed by atoms with Crippen LogP contribution in [-0.2, 0) is 32.0 Å². The number of carbonyl (C=O) groups excluding carboxylic acids is 2. The zero-order valence-electron chi connectivity index (χ0n) is 21.0. The number of carbonyl (C=O) groups is 2. The van der Waals surface area contributed by atoms with Gasteiger partial charge in [-0.3, -0.25) is 9.69 Å².